The first-order valence-electron chi connectivity index (χ1n) is 8.89. The van der Waals surface area contributed by atoms with E-state index in [9.17, 15) is 23.8 Å². The van der Waals surface area contributed by atoms with Gasteiger partial charge in [-0.15, -0.1) is 0 Å². The van der Waals surface area contributed by atoms with Crippen molar-refractivity contribution in [2.45, 2.75) is 31.1 Å². The van der Waals surface area contributed by atoms with Crippen LogP contribution in [0.4, 0.5) is 17.1 Å². The molecule has 0 unspecified atom stereocenters. The quantitative estimate of drug-likeness (QED) is 0.604. The number of hydrogen-bond donors (Lipinski definition) is 1. The molecule has 1 aliphatic heterocycles. The third-order valence-electron chi connectivity index (χ3n) is 4.73. The highest BCUT2D eigenvalue weighted by Crippen LogP contribution is 2.29. The number of benzene rings is 2. The van der Waals surface area contributed by atoms with E-state index in [0.29, 0.717) is 30.0 Å². The molecular formula is C19H20N4O4S. The smallest absolute Gasteiger partial charge is 0.270 e. The highest BCUT2D eigenvalue weighted by Gasteiger charge is 2.27. The standard InChI is InChI=1S/C19H20N4O4S/c1-14-5-6-16(12-19(14)28(26,27)22-9-3-2-4-10-22)21-18-8-7-17(23(24)25)11-15(18)13-20/h5-8,11-12,21H,2-4,9-10H2,1H3. The molecule has 3 rings (SSSR count). The van der Waals surface area contributed by atoms with Crippen molar-refractivity contribution in [3.05, 3.63) is 57.6 Å². The average Bonchev–Trinajstić information content (AvgIpc) is 2.70. The molecule has 1 saturated heterocycles. The summed E-state index contributed by atoms with van der Waals surface area (Å²) in [6.45, 7) is 2.77. The van der Waals surface area contributed by atoms with Gasteiger partial charge in [-0.1, -0.05) is 12.5 Å². The van der Waals surface area contributed by atoms with Crippen LogP contribution in [0.5, 0.6) is 0 Å². The summed E-state index contributed by atoms with van der Waals surface area (Å²) in [5.41, 5.74) is 1.43. The summed E-state index contributed by atoms with van der Waals surface area (Å²) in [4.78, 5) is 10.5. The van der Waals surface area contributed by atoms with Crippen LogP contribution in [0.1, 0.15) is 30.4 Å². The molecule has 146 valence electrons. The van der Waals surface area contributed by atoms with Crippen molar-refractivity contribution in [2.24, 2.45) is 0 Å². The van der Waals surface area contributed by atoms with Crippen molar-refractivity contribution < 1.29 is 13.3 Å². The van der Waals surface area contributed by atoms with Gasteiger partial charge in [0.05, 0.1) is 21.1 Å². The van der Waals surface area contributed by atoms with Gasteiger partial charge in [-0.25, -0.2) is 8.42 Å². The first-order valence-corrected chi connectivity index (χ1v) is 10.3. The summed E-state index contributed by atoms with van der Waals surface area (Å²) in [5, 5.41) is 23.2. The molecule has 1 fully saturated rings. The third-order valence-corrected chi connectivity index (χ3v) is 6.78. The Morgan fingerprint density at radius 2 is 1.86 bits per heavy atom. The SMILES string of the molecule is Cc1ccc(Nc2ccc([N+](=O)[O-])cc2C#N)cc1S(=O)(=O)N1CCCCC1. The molecule has 0 saturated carbocycles. The van der Waals surface area contributed by atoms with Crippen molar-refractivity contribution in [2.75, 3.05) is 18.4 Å². The molecular weight excluding hydrogens is 380 g/mol. The zero-order valence-corrected chi connectivity index (χ0v) is 16.2. The average molecular weight is 400 g/mol. The van der Waals surface area contributed by atoms with Gasteiger partial charge in [0.25, 0.3) is 5.69 Å². The fraction of sp³-hybridized carbons (Fsp3) is 0.316. The van der Waals surface area contributed by atoms with Crippen molar-refractivity contribution in [3.8, 4) is 6.07 Å². The Bertz CT molecular complexity index is 1050. The Kier molecular flexibility index (Phi) is 5.63. The normalized spacial score (nSPS) is 15.0. The molecule has 8 nitrogen and oxygen atoms in total. The Morgan fingerprint density at radius 1 is 1.14 bits per heavy atom. The van der Waals surface area contributed by atoms with Crippen LogP contribution in [0.3, 0.4) is 0 Å². The lowest BCUT2D eigenvalue weighted by atomic mass is 10.1. The fourth-order valence-corrected chi connectivity index (χ4v) is 4.97. The lowest BCUT2D eigenvalue weighted by Crippen LogP contribution is -2.35. The van der Waals surface area contributed by atoms with E-state index in [0.717, 1.165) is 19.3 Å². The number of nitriles is 1. The molecule has 0 bridgehead atoms. The van der Waals surface area contributed by atoms with Crippen LogP contribution >= 0.6 is 0 Å². The zero-order chi connectivity index (χ0) is 20.3. The summed E-state index contributed by atoms with van der Waals surface area (Å²) >= 11 is 0. The van der Waals surface area contributed by atoms with E-state index in [1.165, 1.54) is 22.5 Å². The number of hydrogen-bond acceptors (Lipinski definition) is 6. The molecule has 2 aromatic carbocycles. The molecule has 0 aliphatic carbocycles. The molecule has 9 heteroatoms. The Morgan fingerprint density at radius 3 is 2.50 bits per heavy atom. The fourth-order valence-electron chi connectivity index (χ4n) is 3.20. The van der Waals surface area contributed by atoms with Crippen LogP contribution in [0.2, 0.25) is 0 Å². The van der Waals surface area contributed by atoms with Crippen LogP contribution in [-0.4, -0.2) is 30.7 Å². The number of nitrogens with zero attached hydrogens (tertiary/aromatic N) is 3. The minimum atomic E-state index is -3.60. The number of aryl methyl sites for hydroxylation is 1. The number of rotatable bonds is 5. The molecule has 0 spiro atoms. The molecule has 0 radical (unpaired) electrons. The molecule has 0 aromatic heterocycles. The van der Waals surface area contributed by atoms with Crippen LogP contribution in [0, 0.1) is 28.4 Å². The predicted octanol–water partition coefficient (Wildman–Crippen LogP) is 3.69. The van der Waals surface area contributed by atoms with Gasteiger partial charge in [-0.05, 0) is 43.5 Å². The van der Waals surface area contributed by atoms with Gasteiger partial charge in [-0.3, -0.25) is 10.1 Å². The number of sulfonamides is 1. The number of nitrogens with one attached hydrogen (secondary N) is 1. The maximum atomic E-state index is 13.0. The molecule has 1 aliphatic rings. The molecule has 1 heterocycles. The lowest BCUT2D eigenvalue weighted by Gasteiger charge is -2.26. The minimum absolute atomic E-state index is 0.107. The summed E-state index contributed by atoms with van der Waals surface area (Å²) in [6, 6.07) is 10.8. The largest absolute Gasteiger partial charge is 0.354 e. The van der Waals surface area contributed by atoms with Crippen molar-refractivity contribution in [1.82, 2.24) is 4.31 Å². The van der Waals surface area contributed by atoms with Crippen LogP contribution in [0.25, 0.3) is 0 Å². The summed E-state index contributed by atoms with van der Waals surface area (Å²) in [5.74, 6) is 0. The highest BCUT2D eigenvalue weighted by molar-refractivity contribution is 7.89. The third kappa shape index (κ3) is 3.98. The highest BCUT2D eigenvalue weighted by atomic mass is 32.2. The van der Waals surface area contributed by atoms with Crippen molar-refractivity contribution in [1.29, 1.82) is 5.26 Å². The Balaban J connectivity index is 1.94. The monoisotopic (exact) mass is 400 g/mol. The second-order valence-electron chi connectivity index (χ2n) is 6.67. The van der Waals surface area contributed by atoms with Gasteiger partial charge in [-0.2, -0.15) is 9.57 Å². The number of piperidine rings is 1. The van der Waals surface area contributed by atoms with Gasteiger partial charge in [0.1, 0.15) is 6.07 Å². The maximum Gasteiger partial charge on any atom is 0.270 e. The van der Waals surface area contributed by atoms with Gasteiger partial charge in [0.15, 0.2) is 0 Å². The Labute approximate surface area is 163 Å². The first kappa shape index (κ1) is 19.8. The molecule has 0 amide bonds. The lowest BCUT2D eigenvalue weighted by molar-refractivity contribution is -0.384. The van der Waals surface area contributed by atoms with E-state index >= 15 is 0 Å². The van der Waals surface area contributed by atoms with Crippen LogP contribution in [0.15, 0.2) is 41.3 Å². The number of nitro benzene ring substituents is 1. The van der Waals surface area contributed by atoms with E-state index in [1.807, 2.05) is 6.07 Å². The van der Waals surface area contributed by atoms with Gasteiger partial charge in [0.2, 0.25) is 10.0 Å². The number of anilines is 2. The number of nitro groups is 1. The van der Waals surface area contributed by atoms with Crippen LogP contribution < -0.4 is 5.32 Å². The minimum Gasteiger partial charge on any atom is -0.354 e. The van der Waals surface area contributed by atoms with Gasteiger partial charge >= 0.3 is 0 Å². The topological polar surface area (TPSA) is 116 Å². The summed E-state index contributed by atoms with van der Waals surface area (Å²) < 4.78 is 27.6. The van der Waals surface area contributed by atoms with E-state index in [2.05, 4.69) is 5.32 Å². The van der Waals surface area contributed by atoms with Gasteiger partial charge in [0, 0.05) is 30.9 Å². The van der Waals surface area contributed by atoms with E-state index < -0.39 is 14.9 Å². The molecule has 2 aromatic rings. The van der Waals surface area contributed by atoms with E-state index in [1.54, 1.807) is 25.1 Å². The first-order chi connectivity index (χ1) is 13.3. The van der Waals surface area contributed by atoms with Crippen molar-refractivity contribution >= 4 is 27.1 Å². The predicted molar refractivity (Wildman–Crippen MR) is 105 cm³/mol. The molecule has 0 atom stereocenters. The van der Waals surface area contributed by atoms with Crippen LogP contribution in [-0.2, 0) is 10.0 Å². The van der Waals surface area contributed by atoms with E-state index in [-0.39, 0.29) is 16.1 Å². The van der Waals surface area contributed by atoms with Gasteiger partial charge < -0.3 is 5.32 Å². The maximum absolute atomic E-state index is 13.0. The summed E-state index contributed by atoms with van der Waals surface area (Å²) in [7, 11) is -3.60. The molecule has 1 N–H and O–H groups in total. The molecule has 28 heavy (non-hydrogen) atoms. The summed E-state index contributed by atoms with van der Waals surface area (Å²) in [6.07, 6.45) is 2.73. The zero-order valence-electron chi connectivity index (χ0n) is 15.4. The van der Waals surface area contributed by atoms with Crippen molar-refractivity contribution in [3.63, 3.8) is 0 Å². The van der Waals surface area contributed by atoms with E-state index in [4.69, 9.17) is 0 Å². The Hall–Kier alpha value is -2.96. The second-order valence-corrected chi connectivity index (χ2v) is 8.58. The number of non-ortho nitro benzene ring substituents is 1. The second kappa shape index (κ2) is 7.96.